The van der Waals surface area contributed by atoms with Gasteiger partial charge in [-0.05, 0) is 35.4 Å². The Balaban J connectivity index is 1.48. The summed E-state index contributed by atoms with van der Waals surface area (Å²) in [6.07, 6.45) is 3.27. The minimum Gasteiger partial charge on any atom is -0.308 e. The molecule has 0 spiro atoms. The summed E-state index contributed by atoms with van der Waals surface area (Å²) in [5.41, 5.74) is 2.41. The highest BCUT2D eigenvalue weighted by atomic mass is 19.2. The Labute approximate surface area is 170 Å². The first-order valence-electron chi connectivity index (χ1n) is 9.05. The predicted molar refractivity (Wildman–Crippen MR) is 105 cm³/mol. The maximum Gasteiger partial charge on any atom is 0.230 e. The molecule has 0 aliphatic heterocycles. The largest absolute Gasteiger partial charge is 0.308 e. The van der Waals surface area contributed by atoms with E-state index in [1.807, 2.05) is 31.3 Å². The van der Waals surface area contributed by atoms with Gasteiger partial charge in [-0.25, -0.2) is 8.78 Å². The van der Waals surface area contributed by atoms with Crippen molar-refractivity contribution in [1.29, 1.82) is 5.26 Å². The number of hydrogen-bond acceptors (Lipinski definition) is 4. The lowest BCUT2D eigenvalue weighted by Gasteiger charge is -2.04. The van der Waals surface area contributed by atoms with Crippen LogP contribution in [0.3, 0.4) is 0 Å². The number of halogens is 2. The lowest BCUT2D eigenvalue weighted by atomic mass is 10.1. The molecule has 0 aliphatic rings. The first kappa shape index (κ1) is 19.3. The highest BCUT2D eigenvalue weighted by molar-refractivity contribution is 5.93. The summed E-state index contributed by atoms with van der Waals surface area (Å²) in [7, 11) is 1.84. The minimum absolute atomic E-state index is 0.103. The number of hydrogen-bond donors (Lipinski definition) is 1. The topological polar surface area (TPSA) is 88.5 Å². The second-order valence-electron chi connectivity index (χ2n) is 6.84. The lowest BCUT2D eigenvalue weighted by Crippen LogP contribution is -2.15. The van der Waals surface area contributed by atoms with E-state index in [1.165, 1.54) is 16.9 Å². The molecule has 150 valence electrons. The van der Waals surface area contributed by atoms with Crippen molar-refractivity contribution in [3.63, 3.8) is 0 Å². The van der Waals surface area contributed by atoms with E-state index in [9.17, 15) is 18.8 Å². The summed E-state index contributed by atoms with van der Waals surface area (Å²) < 4.78 is 29.6. The molecule has 9 heteroatoms. The Hall–Kier alpha value is -4.06. The molecular weight excluding hydrogens is 390 g/mol. The average molecular weight is 406 g/mol. The molecule has 0 fully saturated rings. The van der Waals surface area contributed by atoms with Crippen LogP contribution >= 0.6 is 0 Å². The van der Waals surface area contributed by atoms with Gasteiger partial charge in [-0.3, -0.25) is 14.2 Å². The van der Waals surface area contributed by atoms with Gasteiger partial charge in [0.2, 0.25) is 5.91 Å². The van der Waals surface area contributed by atoms with Gasteiger partial charge < -0.3 is 5.32 Å². The molecule has 0 bridgehead atoms. The molecule has 2 aromatic heterocycles. The van der Waals surface area contributed by atoms with Crippen molar-refractivity contribution in [2.45, 2.75) is 13.0 Å². The van der Waals surface area contributed by atoms with Crippen LogP contribution < -0.4 is 5.32 Å². The van der Waals surface area contributed by atoms with Gasteiger partial charge in [-0.15, -0.1) is 0 Å². The number of fused-ring (bicyclic) bond motifs is 1. The number of rotatable bonds is 5. The number of nitrogens with zero attached hydrogens (tertiary/aromatic N) is 5. The average Bonchev–Trinajstić information content (AvgIpc) is 3.27. The molecule has 2 heterocycles. The number of nitrogens with one attached hydrogen (secondary N) is 1. The second-order valence-corrected chi connectivity index (χ2v) is 6.84. The van der Waals surface area contributed by atoms with Crippen molar-refractivity contribution in [2.24, 2.45) is 7.05 Å². The van der Waals surface area contributed by atoms with Crippen molar-refractivity contribution in [2.75, 3.05) is 5.32 Å². The molecular formula is C21H16F2N6O. The molecule has 0 aliphatic carbocycles. The summed E-state index contributed by atoms with van der Waals surface area (Å²) in [4.78, 5) is 12.5. The fourth-order valence-electron chi connectivity index (χ4n) is 3.19. The fourth-order valence-corrected chi connectivity index (χ4v) is 3.19. The SMILES string of the molecule is Cn1ncc2cc(CC(=O)Nc3nn(Cc4ccc(F)c(F)c4)cc3C#N)ccc21. The number of benzene rings is 2. The van der Waals surface area contributed by atoms with Crippen LogP contribution in [0.25, 0.3) is 10.9 Å². The molecule has 7 nitrogen and oxygen atoms in total. The summed E-state index contributed by atoms with van der Waals surface area (Å²) in [5.74, 6) is -2.10. The van der Waals surface area contributed by atoms with Crippen LogP contribution in [0.4, 0.5) is 14.6 Å². The minimum atomic E-state index is -0.959. The standard InChI is InChI=1S/C21H16F2N6O/c1-28-19-5-3-13(6-15(19)10-25-28)8-20(30)26-21-16(9-24)12-29(27-21)11-14-2-4-17(22)18(23)7-14/h2-7,10,12H,8,11H2,1H3,(H,26,27,30). The number of nitriles is 1. The summed E-state index contributed by atoms with van der Waals surface area (Å²) in [6.45, 7) is 0.124. The van der Waals surface area contributed by atoms with Crippen LogP contribution in [0.2, 0.25) is 0 Å². The highest BCUT2D eigenvalue weighted by Gasteiger charge is 2.14. The molecule has 4 rings (SSSR count). The lowest BCUT2D eigenvalue weighted by molar-refractivity contribution is -0.115. The number of aromatic nitrogens is 4. The maximum absolute atomic E-state index is 13.4. The third kappa shape index (κ3) is 3.89. The molecule has 1 N–H and O–H groups in total. The van der Waals surface area contributed by atoms with Crippen molar-refractivity contribution < 1.29 is 13.6 Å². The Kier molecular flexibility index (Phi) is 4.98. The van der Waals surface area contributed by atoms with Gasteiger partial charge in [-0.1, -0.05) is 12.1 Å². The van der Waals surface area contributed by atoms with Crippen molar-refractivity contribution in [3.8, 4) is 6.07 Å². The number of anilines is 1. The monoisotopic (exact) mass is 406 g/mol. The molecule has 0 atom stereocenters. The Morgan fingerprint density at radius 1 is 1.17 bits per heavy atom. The van der Waals surface area contributed by atoms with Crippen LogP contribution in [-0.4, -0.2) is 25.5 Å². The van der Waals surface area contributed by atoms with E-state index < -0.39 is 11.6 Å². The molecule has 2 aromatic carbocycles. The van der Waals surface area contributed by atoms with Gasteiger partial charge in [0.25, 0.3) is 0 Å². The number of amides is 1. The summed E-state index contributed by atoms with van der Waals surface area (Å²) >= 11 is 0. The summed E-state index contributed by atoms with van der Waals surface area (Å²) in [6, 6.07) is 11.1. The van der Waals surface area contributed by atoms with E-state index in [-0.39, 0.29) is 30.3 Å². The molecule has 1 amide bonds. The van der Waals surface area contributed by atoms with Gasteiger partial charge in [0.15, 0.2) is 17.5 Å². The zero-order valence-corrected chi connectivity index (χ0v) is 15.9. The molecule has 0 saturated carbocycles. The maximum atomic E-state index is 13.4. The van der Waals surface area contributed by atoms with E-state index in [0.29, 0.717) is 5.56 Å². The van der Waals surface area contributed by atoms with Gasteiger partial charge >= 0.3 is 0 Å². The van der Waals surface area contributed by atoms with E-state index in [1.54, 1.807) is 10.9 Å². The fraction of sp³-hybridized carbons (Fsp3) is 0.143. The third-order valence-electron chi connectivity index (χ3n) is 4.64. The van der Waals surface area contributed by atoms with Crippen LogP contribution in [0.5, 0.6) is 0 Å². The number of carbonyl (C=O) groups excluding carboxylic acids is 1. The van der Waals surface area contributed by atoms with Crippen LogP contribution in [-0.2, 0) is 24.8 Å². The molecule has 0 radical (unpaired) electrons. The smallest absolute Gasteiger partial charge is 0.230 e. The highest BCUT2D eigenvalue weighted by Crippen LogP contribution is 2.18. The summed E-state index contributed by atoms with van der Waals surface area (Å²) in [5, 5.41) is 21.3. The van der Waals surface area contributed by atoms with Gasteiger partial charge in [-0.2, -0.15) is 15.5 Å². The van der Waals surface area contributed by atoms with E-state index in [4.69, 9.17) is 0 Å². The quantitative estimate of drug-likeness (QED) is 0.551. The van der Waals surface area contributed by atoms with Gasteiger partial charge in [0, 0.05) is 18.6 Å². The first-order chi connectivity index (χ1) is 14.4. The predicted octanol–water partition coefficient (Wildman–Crippen LogP) is 3.15. The van der Waals surface area contributed by atoms with Crippen LogP contribution in [0.1, 0.15) is 16.7 Å². The van der Waals surface area contributed by atoms with Crippen LogP contribution in [0, 0.1) is 23.0 Å². The zero-order valence-electron chi connectivity index (χ0n) is 15.9. The van der Waals surface area contributed by atoms with E-state index in [2.05, 4.69) is 15.5 Å². The van der Waals surface area contributed by atoms with Gasteiger partial charge in [0.1, 0.15) is 11.6 Å². The zero-order chi connectivity index (χ0) is 21.3. The molecule has 0 unspecified atom stereocenters. The van der Waals surface area contributed by atoms with Crippen LogP contribution in [0.15, 0.2) is 48.8 Å². The Morgan fingerprint density at radius 3 is 2.73 bits per heavy atom. The van der Waals surface area contributed by atoms with E-state index >= 15 is 0 Å². The Morgan fingerprint density at radius 2 is 1.97 bits per heavy atom. The van der Waals surface area contributed by atoms with Gasteiger partial charge in [0.05, 0.1) is 24.7 Å². The van der Waals surface area contributed by atoms with Crippen molar-refractivity contribution >= 4 is 22.6 Å². The van der Waals surface area contributed by atoms with Crippen molar-refractivity contribution in [1.82, 2.24) is 19.6 Å². The van der Waals surface area contributed by atoms with Crippen molar-refractivity contribution in [3.05, 3.63) is 77.1 Å². The molecule has 4 aromatic rings. The van der Waals surface area contributed by atoms with E-state index in [0.717, 1.165) is 28.6 Å². The number of aryl methyl sites for hydroxylation is 1. The Bertz CT molecular complexity index is 1300. The molecule has 30 heavy (non-hydrogen) atoms. The first-order valence-corrected chi connectivity index (χ1v) is 9.05. The molecule has 0 saturated heterocycles. The normalized spacial score (nSPS) is 10.9. The second kappa shape index (κ2) is 7.75. The third-order valence-corrected chi connectivity index (χ3v) is 4.64. The number of carbonyl (C=O) groups is 1.